The highest BCUT2D eigenvalue weighted by atomic mass is 16.5. The normalized spacial score (nSPS) is 10.5. The Bertz CT molecular complexity index is 722. The number of benzene rings is 2. The van der Waals surface area contributed by atoms with Crippen molar-refractivity contribution >= 4 is 29.6 Å². The van der Waals surface area contributed by atoms with E-state index in [1.54, 1.807) is 29.9 Å². The fourth-order valence-corrected chi connectivity index (χ4v) is 2.18. The van der Waals surface area contributed by atoms with Crippen LogP contribution in [0.2, 0.25) is 0 Å². The van der Waals surface area contributed by atoms with E-state index >= 15 is 0 Å². The number of carbonyl (C=O) groups excluding carboxylic acids is 1. The first kappa shape index (κ1) is 16.5. The maximum atomic E-state index is 11.3. The van der Waals surface area contributed by atoms with Crippen LogP contribution in [0.3, 0.4) is 0 Å². The topological polar surface area (TPSA) is 73.7 Å². The first-order chi connectivity index (χ1) is 11.2. The van der Waals surface area contributed by atoms with Crippen LogP contribution >= 0.6 is 0 Å². The predicted octanol–water partition coefficient (Wildman–Crippen LogP) is 3.78. The third kappa shape index (κ3) is 4.05. The zero-order chi connectivity index (χ0) is 16.7. The Morgan fingerprint density at radius 1 is 1.26 bits per heavy atom. The summed E-state index contributed by atoms with van der Waals surface area (Å²) in [5.74, 6) is -0.525. The molecule has 0 saturated heterocycles. The van der Waals surface area contributed by atoms with Crippen LogP contribution in [0, 0.1) is 0 Å². The van der Waals surface area contributed by atoms with Crippen molar-refractivity contribution in [3.05, 3.63) is 65.7 Å². The van der Waals surface area contributed by atoms with Crippen molar-refractivity contribution in [3.8, 4) is 0 Å². The number of anilines is 1. The second kappa shape index (κ2) is 7.91. The van der Waals surface area contributed by atoms with E-state index in [-0.39, 0.29) is 0 Å². The van der Waals surface area contributed by atoms with Gasteiger partial charge in [0.1, 0.15) is 0 Å². The Morgan fingerprint density at radius 3 is 2.61 bits per heavy atom. The molecule has 2 aromatic carbocycles. The number of hydrogen-bond donors (Lipinski definition) is 3. The molecule has 5 nitrogen and oxygen atoms in total. The van der Waals surface area contributed by atoms with E-state index < -0.39 is 5.91 Å². The molecule has 0 aromatic heterocycles. The van der Waals surface area contributed by atoms with Crippen LogP contribution in [0.5, 0.6) is 0 Å². The standard InChI is InChI=1S/C18H19N3O2/c1-3-14-6-5-7-16(17(14)19-4-2)20-12-13-8-10-15(11-9-13)18(22)21-23/h3-11,20,23H,1,12H2,2H3,(H,21,22)/b19-4-. The van der Waals surface area contributed by atoms with E-state index in [9.17, 15) is 4.79 Å². The second-order valence-corrected chi connectivity index (χ2v) is 4.83. The molecule has 2 rings (SSSR count). The molecule has 0 saturated carbocycles. The number of nitrogens with zero attached hydrogens (tertiary/aromatic N) is 1. The SMILES string of the molecule is C=Cc1cccc(NCc2ccc(C(=O)NO)cc2)c1/N=C\C. The molecule has 0 heterocycles. The lowest BCUT2D eigenvalue weighted by atomic mass is 10.1. The van der Waals surface area contributed by atoms with Crippen molar-refractivity contribution in [2.24, 2.45) is 4.99 Å². The van der Waals surface area contributed by atoms with E-state index in [1.165, 1.54) is 0 Å². The number of carbonyl (C=O) groups is 1. The van der Waals surface area contributed by atoms with Crippen molar-refractivity contribution in [2.75, 3.05) is 5.32 Å². The molecule has 0 aliphatic heterocycles. The highest BCUT2D eigenvalue weighted by Gasteiger charge is 2.06. The highest BCUT2D eigenvalue weighted by molar-refractivity contribution is 5.93. The number of hydroxylamine groups is 1. The largest absolute Gasteiger partial charge is 0.379 e. The summed E-state index contributed by atoms with van der Waals surface area (Å²) in [5, 5.41) is 11.9. The molecule has 0 aliphatic carbocycles. The Hall–Kier alpha value is -2.92. The lowest BCUT2D eigenvalue weighted by Crippen LogP contribution is -2.18. The van der Waals surface area contributed by atoms with E-state index in [0.29, 0.717) is 12.1 Å². The van der Waals surface area contributed by atoms with Gasteiger partial charge in [-0.2, -0.15) is 0 Å². The molecule has 0 atom stereocenters. The molecule has 0 radical (unpaired) electrons. The molecule has 23 heavy (non-hydrogen) atoms. The van der Waals surface area contributed by atoms with Crippen molar-refractivity contribution in [2.45, 2.75) is 13.5 Å². The lowest BCUT2D eigenvalue weighted by Gasteiger charge is -2.12. The third-order valence-corrected chi connectivity index (χ3v) is 3.35. The zero-order valence-corrected chi connectivity index (χ0v) is 12.9. The summed E-state index contributed by atoms with van der Waals surface area (Å²) in [4.78, 5) is 15.7. The van der Waals surface area contributed by atoms with Crippen LogP contribution in [0.1, 0.15) is 28.4 Å². The minimum Gasteiger partial charge on any atom is -0.379 e. The Kier molecular flexibility index (Phi) is 5.66. The molecule has 1 amide bonds. The lowest BCUT2D eigenvalue weighted by molar-refractivity contribution is 0.0706. The smallest absolute Gasteiger partial charge is 0.274 e. The zero-order valence-electron chi connectivity index (χ0n) is 12.9. The molecule has 5 heteroatoms. The molecule has 0 unspecified atom stereocenters. The highest BCUT2D eigenvalue weighted by Crippen LogP contribution is 2.30. The van der Waals surface area contributed by atoms with Gasteiger partial charge in [0, 0.05) is 23.9 Å². The summed E-state index contributed by atoms with van der Waals surface area (Å²) >= 11 is 0. The maximum Gasteiger partial charge on any atom is 0.274 e. The number of aliphatic imine (C=N–C) groups is 1. The molecular formula is C18H19N3O2. The van der Waals surface area contributed by atoms with Crippen LogP contribution in [-0.2, 0) is 6.54 Å². The molecule has 3 N–H and O–H groups in total. The van der Waals surface area contributed by atoms with Crippen molar-refractivity contribution in [1.82, 2.24) is 5.48 Å². The van der Waals surface area contributed by atoms with Gasteiger partial charge in [-0.3, -0.25) is 15.0 Å². The van der Waals surface area contributed by atoms with Crippen molar-refractivity contribution < 1.29 is 10.0 Å². The van der Waals surface area contributed by atoms with Gasteiger partial charge in [0.15, 0.2) is 0 Å². The second-order valence-electron chi connectivity index (χ2n) is 4.83. The van der Waals surface area contributed by atoms with Crippen molar-refractivity contribution in [3.63, 3.8) is 0 Å². The van der Waals surface area contributed by atoms with Crippen LogP contribution < -0.4 is 10.8 Å². The average Bonchev–Trinajstić information content (AvgIpc) is 2.60. The Labute approximate surface area is 135 Å². The van der Waals surface area contributed by atoms with Gasteiger partial charge in [0.25, 0.3) is 5.91 Å². The van der Waals surface area contributed by atoms with Crippen LogP contribution in [0.4, 0.5) is 11.4 Å². The summed E-state index contributed by atoms with van der Waals surface area (Å²) < 4.78 is 0. The number of rotatable bonds is 6. The monoisotopic (exact) mass is 309 g/mol. The number of nitrogens with one attached hydrogen (secondary N) is 2. The van der Waals surface area contributed by atoms with Gasteiger partial charge in [-0.05, 0) is 30.7 Å². The summed E-state index contributed by atoms with van der Waals surface area (Å²) in [5.41, 5.74) is 5.75. The van der Waals surface area contributed by atoms with Gasteiger partial charge in [0.05, 0.1) is 11.4 Å². The van der Waals surface area contributed by atoms with E-state index in [0.717, 1.165) is 22.5 Å². The average molecular weight is 309 g/mol. The van der Waals surface area contributed by atoms with Gasteiger partial charge >= 0.3 is 0 Å². The van der Waals surface area contributed by atoms with Crippen molar-refractivity contribution in [1.29, 1.82) is 0 Å². The molecule has 0 spiro atoms. The van der Waals surface area contributed by atoms with E-state index in [2.05, 4.69) is 16.9 Å². The molecule has 0 fully saturated rings. The van der Waals surface area contributed by atoms with E-state index in [1.807, 2.05) is 37.3 Å². The van der Waals surface area contributed by atoms with Gasteiger partial charge in [-0.25, -0.2) is 5.48 Å². The maximum absolute atomic E-state index is 11.3. The van der Waals surface area contributed by atoms with E-state index in [4.69, 9.17) is 5.21 Å². The molecule has 2 aromatic rings. The fraction of sp³-hybridized carbons (Fsp3) is 0.111. The third-order valence-electron chi connectivity index (χ3n) is 3.35. The van der Waals surface area contributed by atoms with Crippen LogP contribution in [0.25, 0.3) is 6.08 Å². The predicted molar refractivity (Wildman–Crippen MR) is 93.4 cm³/mol. The Balaban J connectivity index is 2.15. The summed E-state index contributed by atoms with van der Waals surface area (Å²) in [6.45, 7) is 6.27. The van der Waals surface area contributed by atoms with Crippen LogP contribution in [-0.4, -0.2) is 17.3 Å². The van der Waals surface area contributed by atoms with Gasteiger partial charge in [-0.1, -0.05) is 36.9 Å². The van der Waals surface area contributed by atoms with Gasteiger partial charge < -0.3 is 5.32 Å². The number of hydrogen-bond acceptors (Lipinski definition) is 4. The Morgan fingerprint density at radius 2 is 2.00 bits per heavy atom. The minimum atomic E-state index is -0.525. The minimum absolute atomic E-state index is 0.404. The summed E-state index contributed by atoms with van der Waals surface area (Å²) in [6.07, 6.45) is 3.52. The molecular weight excluding hydrogens is 290 g/mol. The summed E-state index contributed by atoms with van der Waals surface area (Å²) in [7, 11) is 0. The first-order valence-electron chi connectivity index (χ1n) is 7.21. The first-order valence-corrected chi connectivity index (χ1v) is 7.21. The van der Waals surface area contributed by atoms with Gasteiger partial charge in [-0.15, -0.1) is 0 Å². The molecule has 118 valence electrons. The quantitative estimate of drug-likeness (QED) is 0.432. The summed E-state index contributed by atoms with van der Waals surface area (Å²) in [6, 6.07) is 12.9. The fourth-order valence-electron chi connectivity index (χ4n) is 2.18. The van der Waals surface area contributed by atoms with Crippen LogP contribution in [0.15, 0.2) is 54.0 Å². The molecule has 0 aliphatic rings. The molecule has 0 bridgehead atoms. The van der Waals surface area contributed by atoms with Gasteiger partial charge in [0.2, 0.25) is 0 Å². The number of para-hydroxylation sites is 1. The number of amides is 1.